The molecular weight excluding hydrogens is 428 g/mol. The van der Waals surface area contributed by atoms with E-state index in [1.165, 1.54) is 32.2 Å². The van der Waals surface area contributed by atoms with E-state index in [4.69, 9.17) is 4.42 Å². The summed E-state index contributed by atoms with van der Waals surface area (Å²) in [5, 5.41) is 25.9. The van der Waals surface area contributed by atoms with Gasteiger partial charge in [0.2, 0.25) is 5.75 Å². The summed E-state index contributed by atoms with van der Waals surface area (Å²) in [5.74, 6) is -2.48. The molecule has 0 saturated carbocycles. The Labute approximate surface area is 186 Å². The lowest BCUT2D eigenvalue weighted by Crippen LogP contribution is -2.29. The highest BCUT2D eigenvalue weighted by molar-refractivity contribution is 6.04. The molecule has 11 heteroatoms. The molecule has 0 spiro atoms. The monoisotopic (exact) mass is 446 g/mol. The Hall–Kier alpha value is -4.72. The lowest BCUT2D eigenvalue weighted by molar-refractivity contribution is 0.101. The lowest BCUT2D eigenvalue weighted by atomic mass is 9.82. The number of nitriles is 1. The van der Waals surface area contributed by atoms with Crippen molar-refractivity contribution in [1.82, 2.24) is 19.7 Å². The van der Waals surface area contributed by atoms with E-state index in [1.807, 2.05) is 0 Å². The highest BCUT2D eigenvalue weighted by Crippen LogP contribution is 2.38. The van der Waals surface area contributed by atoms with E-state index in [2.05, 4.69) is 31.0 Å². The van der Waals surface area contributed by atoms with Crippen molar-refractivity contribution in [1.29, 1.82) is 5.26 Å². The zero-order valence-electron chi connectivity index (χ0n) is 17.6. The molecule has 166 valence electrons. The molecule has 0 aliphatic heterocycles. The third-order valence-electron chi connectivity index (χ3n) is 5.30. The first-order valence-electron chi connectivity index (χ1n) is 9.80. The summed E-state index contributed by atoms with van der Waals surface area (Å²) >= 11 is 0. The third kappa shape index (κ3) is 3.97. The minimum absolute atomic E-state index is 0.203. The molecule has 33 heavy (non-hydrogen) atoms. The fourth-order valence-corrected chi connectivity index (χ4v) is 3.71. The van der Waals surface area contributed by atoms with Gasteiger partial charge in [-0.2, -0.15) is 5.26 Å². The van der Waals surface area contributed by atoms with E-state index in [0.29, 0.717) is 16.8 Å². The highest BCUT2D eigenvalue weighted by Gasteiger charge is 2.32. The summed E-state index contributed by atoms with van der Waals surface area (Å²) in [5.41, 5.74) is 0.581. The van der Waals surface area contributed by atoms with Crippen molar-refractivity contribution in [2.24, 2.45) is 7.05 Å². The van der Waals surface area contributed by atoms with E-state index in [-0.39, 0.29) is 11.5 Å². The summed E-state index contributed by atoms with van der Waals surface area (Å²) in [6.07, 6.45) is 5.18. The Morgan fingerprint density at radius 2 is 2.09 bits per heavy atom. The quantitative estimate of drug-likeness (QED) is 0.453. The average molecular weight is 446 g/mol. The Balaban J connectivity index is 1.84. The van der Waals surface area contributed by atoms with E-state index >= 15 is 0 Å². The standard InChI is InChI=1S/C22H18N6O5/c1-12(17(16-10-32-11-24-16)15-6-4-3-5-13(15)7-23)20-27-18(19(29)22(31)28(20)2)21(30)26-14-8-25-33-9-14/h3-6,8-12,17,29H,1-2H3,(H,26,30)/t12-,17-/m1/s1. The number of hydrogen-bond donors (Lipinski definition) is 2. The molecule has 1 amide bonds. The number of aromatic hydroxyl groups is 1. The summed E-state index contributed by atoms with van der Waals surface area (Å²) in [4.78, 5) is 34.1. The van der Waals surface area contributed by atoms with Gasteiger partial charge in [-0.1, -0.05) is 30.3 Å². The molecule has 0 aliphatic carbocycles. The first-order valence-corrected chi connectivity index (χ1v) is 9.80. The normalized spacial score (nSPS) is 12.6. The first-order chi connectivity index (χ1) is 15.9. The van der Waals surface area contributed by atoms with Gasteiger partial charge in [-0.05, 0) is 11.6 Å². The predicted octanol–water partition coefficient (Wildman–Crippen LogP) is 2.52. The number of oxazole rings is 1. The zero-order chi connectivity index (χ0) is 23.5. The molecule has 1 aromatic carbocycles. The van der Waals surface area contributed by atoms with E-state index in [9.17, 15) is 20.0 Å². The highest BCUT2D eigenvalue weighted by atomic mass is 16.5. The van der Waals surface area contributed by atoms with Gasteiger partial charge in [0.1, 0.15) is 24.0 Å². The number of aromatic nitrogens is 4. The van der Waals surface area contributed by atoms with Crippen LogP contribution in [0.2, 0.25) is 0 Å². The molecule has 3 heterocycles. The largest absolute Gasteiger partial charge is 0.501 e. The number of carbonyl (C=O) groups excluding carboxylic acids is 1. The van der Waals surface area contributed by atoms with Crippen molar-refractivity contribution >= 4 is 11.6 Å². The minimum atomic E-state index is -0.808. The van der Waals surface area contributed by atoms with Crippen molar-refractivity contribution in [2.45, 2.75) is 18.8 Å². The summed E-state index contributed by atoms with van der Waals surface area (Å²) < 4.78 is 11.0. The topological polar surface area (TPSA) is 160 Å². The number of nitrogens with zero attached hydrogens (tertiary/aromatic N) is 5. The van der Waals surface area contributed by atoms with E-state index < -0.39 is 34.7 Å². The van der Waals surface area contributed by atoms with Gasteiger partial charge < -0.3 is 19.4 Å². The number of carbonyl (C=O) groups is 1. The van der Waals surface area contributed by atoms with Crippen LogP contribution in [0.4, 0.5) is 5.69 Å². The molecule has 0 saturated heterocycles. The van der Waals surface area contributed by atoms with Gasteiger partial charge in [-0.3, -0.25) is 14.2 Å². The van der Waals surface area contributed by atoms with Crippen LogP contribution >= 0.6 is 0 Å². The number of benzene rings is 1. The van der Waals surface area contributed by atoms with Crippen LogP contribution in [-0.4, -0.2) is 30.7 Å². The number of anilines is 1. The molecule has 0 fully saturated rings. The van der Waals surface area contributed by atoms with Gasteiger partial charge in [-0.25, -0.2) is 9.97 Å². The molecule has 2 N–H and O–H groups in total. The maximum Gasteiger partial charge on any atom is 0.296 e. The van der Waals surface area contributed by atoms with E-state index in [1.54, 1.807) is 31.2 Å². The average Bonchev–Trinajstić information content (AvgIpc) is 3.53. The molecule has 4 rings (SSSR count). The second kappa shape index (κ2) is 8.80. The molecule has 0 bridgehead atoms. The predicted molar refractivity (Wildman–Crippen MR) is 114 cm³/mol. The van der Waals surface area contributed by atoms with Gasteiger partial charge in [0.15, 0.2) is 12.1 Å². The summed E-state index contributed by atoms with van der Waals surface area (Å²) in [6.45, 7) is 1.79. The van der Waals surface area contributed by atoms with Crippen molar-refractivity contribution in [3.63, 3.8) is 0 Å². The number of nitrogens with one attached hydrogen (secondary N) is 1. The molecule has 0 aliphatic rings. The van der Waals surface area contributed by atoms with E-state index in [0.717, 1.165) is 4.57 Å². The lowest BCUT2D eigenvalue weighted by Gasteiger charge is -2.25. The number of hydrogen-bond acceptors (Lipinski definition) is 9. The molecule has 3 aromatic heterocycles. The van der Waals surface area contributed by atoms with Crippen molar-refractivity contribution in [2.75, 3.05) is 5.32 Å². The first kappa shape index (κ1) is 21.5. The molecule has 4 aromatic rings. The Morgan fingerprint density at radius 1 is 1.30 bits per heavy atom. The Morgan fingerprint density at radius 3 is 2.76 bits per heavy atom. The van der Waals surface area contributed by atoms with Crippen LogP contribution in [0, 0.1) is 11.3 Å². The summed E-state index contributed by atoms with van der Waals surface area (Å²) in [6, 6.07) is 9.16. The smallest absolute Gasteiger partial charge is 0.296 e. The van der Waals surface area contributed by atoms with Crippen LogP contribution in [0.5, 0.6) is 5.75 Å². The summed E-state index contributed by atoms with van der Waals surface area (Å²) in [7, 11) is 1.44. The van der Waals surface area contributed by atoms with Gasteiger partial charge in [0.05, 0.1) is 23.5 Å². The van der Waals surface area contributed by atoms with Crippen LogP contribution in [0.1, 0.15) is 51.9 Å². The third-order valence-corrected chi connectivity index (χ3v) is 5.30. The molecule has 0 unspecified atom stereocenters. The van der Waals surface area contributed by atoms with Crippen LogP contribution in [0.15, 0.2) is 63.1 Å². The second-order valence-electron chi connectivity index (χ2n) is 7.28. The van der Waals surface area contributed by atoms with Crippen molar-refractivity contribution in [3.05, 3.63) is 88.1 Å². The zero-order valence-corrected chi connectivity index (χ0v) is 17.6. The van der Waals surface area contributed by atoms with Crippen LogP contribution in [0.25, 0.3) is 0 Å². The SMILES string of the molecule is C[C@@H](c1nc(C(=O)Nc2cnoc2)c(O)c(=O)n1C)[C@@H](c1cocn1)c1ccccc1C#N. The minimum Gasteiger partial charge on any atom is -0.501 e. The molecule has 2 atom stereocenters. The second-order valence-corrected chi connectivity index (χ2v) is 7.28. The van der Waals surface area contributed by atoms with Gasteiger partial charge in [0.25, 0.3) is 11.5 Å². The van der Waals surface area contributed by atoms with Crippen LogP contribution in [-0.2, 0) is 7.05 Å². The maximum absolute atomic E-state index is 12.8. The molecule has 11 nitrogen and oxygen atoms in total. The number of amides is 1. The van der Waals surface area contributed by atoms with Crippen molar-refractivity contribution in [3.8, 4) is 11.8 Å². The fraction of sp³-hybridized carbons (Fsp3) is 0.182. The van der Waals surface area contributed by atoms with Crippen molar-refractivity contribution < 1.29 is 18.8 Å². The fourth-order valence-electron chi connectivity index (χ4n) is 3.71. The number of rotatable bonds is 6. The maximum atomic E-state index is 12.8. The van der Waals surface area contributed by atoms with Gasteiger partial charge in [0, 0.05) is 18.9 Å². The van der Waals surface area contributed by atoms with Gasteiger partial charge >= 0.3 is 0 Å². The molecule has 0 radical (unpaired) electrons. The molecular formula is C22H18N6O5. The van der Waals surface area contributed by atoms with Crippen LogP contribution < -0.4 is 10.9 Å². The van der Waals surface area contributed by atoms with Gasteiger partial charge in [-0.15, -0.1) is 0 Å². The van der Waals surface area contributed by atoms with Crippen LogP contribution in [0.3, 0.4) is 0 Å². The Bertz CT molecular complexity index is 1390. The Kier molecular flexibility index (Phi) is 5.73.